The average molecular weight is 269 g/mol. The summed E-state index contributed by atoms with van der Waals surface area (Å²) in [5.74, 6) is 0.809. The smallest absolute Gasteiger partial charge is 0.176 e. The van der Waals surface area contributed by atoms with Crippen molar-refractivity contribution in [2.75, 3.05) is 20.7 Å². The van der Waals surface area contributed by atoms with Gasteiger partial charge in [0.15, 0.2) is 5.78 Å². The fourth-order valence-electron chi connectivity index (χ4n) is 2.08. The van der Waals surface area contributed by atoms with Gasteiger partial charge in [0, 0.05) is 12.1 Å². The van der Waals surface area contributed by atoms with Gasteiger partial charge >= 0.3 is 0 Å². The van der Waals surface area contributed by atoms with Crippen molar-refractivity contribution in [3.63, 3.8) is 0 Å². The molecule has 0 saturated carbocycles. The van der Waals surface area contributed by atoms with E-state index in [0.717, 1.165) is 6.54 Å². The van der Waals surface area contributed by atoms with Crippen LogP contribution < -0.4 is 4.74 Å². The Balaban J connectivity index is 1.96. The molecule has 0 atom stereocenters. The number of ketones is 1. The Hall–Kier alpha value is -2.13. The first-order chi connectivity index (χ1) is 9.69. The van der Waals surface area contributed by atoms with Crippen LogP contribution in [0.5, 0.6) is 5.75 Å². The molecular weight excluding hydrogens is 250 g/mol. The topological polar surface area (TPSA) is 29.5 Å². The van der Waals surface area contributed by atoms with Gasteiger partial charge in [0.05, 0.1) is 13.7 Å². The van der Waals surface area contributed by atoms with Gasteiger partial charge in [0.2, 0.25) is 0 Å². The third-order valence-electron chi connectivity index (χ3n) is 3.10. The summed E-state index contributed by atoms with van der Waals surface area (Å²) >= 11 is 0. The first-order valence-corrected chi connectivity index (χ1v) is 6.59. The van der Waals surface area contributed by atoms with Crippen LogP contribution in [0.3, 0.4) is 0 Å². The summed E-state index contributed by atoms with van der Waals surface area (Å²) in [6.45, 7) is 1.15. The van der Waals surface area contributed by atoms with Gasteiger partial charge in [-0.2, -0.15) is 0 Å². The zero-order valence-electron chi connectivity index (χ0n) is 11.9. The van der Waals surface area contributed by atoms with Crippen LogP contribution in [0.2, 0.25) is 0 Å². The van der Waals surface area contributed by atoms with E-state index >= 15 is 0 Å². The third-order valence-corrected chi connectivity index (χ3v) is 3.10. The Labute approximate surface area is 119 Å². The minimum absolute atomic E-state index is 0.0994. The molecule has 0 heterocycles. The standard InChI is InChI=1S/C17H19NO2/c1-18(12-14-7-4-3-5-8-14)13-17(19)15-9-6-10-16(11-15)20-2/h3-11H,12-13H2,1-2H3. The fourth-order valence-corrected chi connectivity index (χ4v) is 2.08. The zero-order chi connectivity index (χ0) is 14.4. The molecule has 0 aromatic heterocycles. The highest BCUT2D eigenvalue weighted by Crippen LogP contribution is 2.13. The fraction of sp³-hybridized carbons (Fsp3) is 0.235. The minimum Gasteiger partial charge on any atom is -0.497 e. The molecule has 0 fully saturated rings. The number of likely N-dealkylation sites (N-methyl/N-ethyl adjacent to an activating group) is 1. The number of rotatable bonds is 6. The van der Waals surface area contributed by atoms with E-state index in [4.69, 9.17) is 4.74 Å². The Morgan fingerprint density at radius 3 is 2.55 bits per heavy atom. The molecule has 0 aliphatic rings. The van der Waals surface area contributed by atoms with Crippen molar-refractivity contribution in [2.45, 2.75) is 6.54 Å². The highest BCUT2D eigenvalue weighted by molar-refractivity contribution is 5.97. The second-order valence-electron chi connectivity index (χ2n) is 4.81. The van der Waals surface area contributed by atoms with Crippen molar-refractivity contribution < 1.29 is 9.53 Å². The average Bonchev–Trinajstić information content (AvgIpc) is 2.48. The van der Waals surface area contributed by atoms with Gasteiger partial charge in [0.25, 0.3) is 0 Å². The van der Waals surface area contributed by atoms with Gasteiger partial charge in [-0.1, -0.05) is 42.5 Å². The van der Waals surface area contributed by atoms with Crippen LogP contribution in [-0.4, -0.2) is 31.4 Å². The number of methoxy groups -OCH3 is 1. The molecule has 20 heavy (non-hydrogen) atoms. The van der Waals surface area contributed by atoms with Gasteiger partial charge in [-0.05, 0) is 24.7 Å². The molecular formula is C17H19NO2. The van der Waals surface area contributed by atoms with E-state index in [-0.39, 0.29) is 5.78 Å². The van der Waals surface area contributed by atoms with Crippen LogP contribution in [0.15, 0.2) is 54.6 Å². The maximum atomic E-state index is 12.2. The van der Waals surface area contributed by atoms with Crippen LogP contribution in [0.25, 0.3) is 0 Å². The van der Waals surface area contributed by atoms with Crippen molar-refractivity contribution in [1.82, 2.24) is 4.90 Å². The predicted molar refractivity (Wildman–Crippen MR) is 80.1 cm³/mol. The first-order valence-electron chi connectivity index (χ1n) is 6.59. The molecule has 3 heteroatoms. The molecule has 3 nitrogen and oxygen atoms in total. The number of hydrogen-bond acceptors (Lipinski definition) is 3. The number of Topliss-reactive ketones (excluding diaryl/α,β-unsaturated/α-hetero) is 1. The van der Waals surface area contributed by atoms with Crippen molar-refractivity contribution in [1.29, 1.82) is 0 Å². The van der Waals surface area contributed by atoms with Gasteiger partial charge in [-0.15, -0.1) is 0 Å². The first kappa shape index (κ1) is 14.3. The predicted octanol–water partition coefficient (Wildman–Crippen LogP) is 3.01. The summed E-state index contributed by atoms with van der Waals surface area (Å²) in [5, 5.41) is 0. The van der Waals surface area contributed by atoms with E-state index in [1.807, 2.05) is 48.3 Å². The molecule has 0 radical (unpaired) electrons. The quantitative estimate of drug-likeness (QED) is 0.755. The Morgan fingerprint density at radius 1 is 1.10 bits per heavy atom. The molecule has 0 amide bonds. The normalized spacial score (nSPS) is 10.6. The largest absolute Gasteiger partial charge is 0.497 e. The second-order valence-corrected chi connectivity index (χ2v) is 4.81. The van der Waals surface area contributed by atoms with Gasteiger partial charge < -0.3 is 4.74 Å². The summed E-state index contributed by atoms with van der Waals surface area (Å²) in [6.07, 6.45) is 0. The Morgan fingerprint density at radius 2 is 1.85 bits per heavy atom. The molecule has 0 bridgehead atoms. The molecule has 0 spiro atoms. The molecule has 2 aromatic carbocycles. The molecule has 104 valence electrons. The van der Waals surface area contributed by atoms with Gasteiger partial charge in [-0.25, -0.2) is 0 Å². The second kappa shape index (κ2) is 6.87. The number of benzene rings is 2. The maximum Gasteiger partial charge on any atom is 0.176 e. The summed E-state index contributed by atoms with van der Waals surface area (Å²) in [4.78, 5) is 14.2. The zero-order valence-corrected chi connectivity index (χ0v) is 11.9. The van der Waals surface area contributed by atoms with E-state index in [0.29, 0.717) is 17.9 Å². The van der Waals surface area contributed by atoms with Crippen LogP contribution >= 0.6 is 0 Å². The SMILES string of the molecule is COc1cccc(C(=O)CN(C)Cc2ccccc2)c1. The molecule has 0 aliphatic heterocycles. The summed E-state index contributed by atoms with van der Waals surface area (Å²) in [7, 11) is 3.55. The molecule has 2 rings (SSSR count). The van der Waals surface area contributed by atoms with Crippen molar-refractivity contribution in [2.24, 2.45) is 0 Å². The van der Waals surface area contributed by atoms with Crippen LogP contribution in [-0.2, 0) is 6.54 Å². The lowest BCUT2D eigenvalue weighted by atomic mass is 10.1. The summed E-state index contributed by atoms with van der Waals surface area (Å²) in [6, 6.07) is 17.4. The van der Waals surface area contributed by atoms with E-state index in [9.17, 15) is 4.79 Å². The number of ether oxygens (including phenoxy) is 1. The van der Waals surface area contributed by atoms with Crippen molar-refractivity contribution in [3.05, 3.63) is 65.7 Å². The maximum absolute atomic E-state index is 12.2. The van der Waals surface area contributed by atoms with E-state index in [2.05, 4.69) is 12.1 Å². The highest BCUT2D eigenvalue weighted by Gasteiger charge is 2.10. The molecule has 2 aromatic rings. The molecule has 0 saturated heterocycles. The van der Waals surface area contributed by atoms with Gasteiger partial charge in [-0.3, -0.25) is 9.69 Å². The monoisotopic (exact) mass is 269 g/mol. The van der Waals surface area contributed by atoms with Crippen molar-refractivity contribution in [3.8, 4) is 5.75 Å². The van der Waals surface area contributed by atoms with Crippen LogP contribution in [0.4, 0.5) is 0 Å². The number of nitrogens with zero attached hydrogens (tertiary/aromatic N) is 1. The highest BCUT2D eigenvalue weighted by atomic mass is 16.5. The van der Waals surface area contributed by atoms with E-state index in [1.54, 1.807) is 13.2 Å². The molecule has 0 aliphatic carbocycles. The number of carbonyl (C=O) groups excluding carboxylic acids is 1. The number of hydrogen-bond donors (Lipinski definition) is 0. The summed E-state index contributed by atoms with van der Waals surface area (Å²) in [5.41, 5.74) is 1.89. The lowest BCUT2D eigenvalue weighted by molar-refractivity contribution is 0.0942. The number of carbonyl (C=O) groups is 1. The van der Waals surface area contributed by atoms with Crippen LogP contribution in [0.1, 0.15) is 15.9 Å². The summed E-state index contributed by atoms with van der Waals surface area (Å²) < 4.78 is 5.14. The Bertz CT molecular complexity index is 566. The van der Waals surface area contributed by atoms with E-state index < -0.39 is 0 Å². The lowest BCUT2D eigenvalue weighted by Gasteiger charge is -2.16. The lowest BCUT2D eigenvalue weighted by Crippen LogP contribution is -2.25. The molecule has 0 unspecified atom stereocenters. The van der Waals surface area contributed by atoms with Gasteiger partial charge in [0.1, 0.15) is 5.75 Å². The third kappa shape index (κ3) is 3.93. The Kier molecular flexibility index (Phi) is 4.91. The minimum atomic E-state index is 0.0994. The van der Waals surface area contributed by atoms with Crippen molar-refractivity contribution >= 4 is 5.78 Å². The van der Waals surface area contributed by atoms with Crippen LogP contribution in [0, 0.1) is 0 Å². The molecule has 0 N–H and O–H groups in total. The van der Waals surface area contributed by atoms with E-state index in [1.165, 1.54) is 5.56 Å².